The molecule has 0 unspecified atom stereocenters. The molecule has 2 aromatic heterocycles. The van der Waals surface area contributed by atoms with Crippen LogP contribution < -0.4 is 5.32 Å². The quantitative estimate of drug-likeness (QED) is 0.638. The summed E-state index contributed by atoms with van der Waals surface area (Å²) in [5.41, 5.74) is 1.80. The van der Waals surface area contributed by atoms with Crippen molar-refractivity contribution in [1.82, 2.24) is 20.2 Å². The van der Waals surface area contributed by atoms with Crippen LogP contribution in [0, 0.1) is 11.3 Å². The molecule has 2 heterocycles. The Morgan fingerprint density at radius 1 is 1.36 bits per heavy atom. The highest BCUT2D eigenvalue weighted by molar-refractivity contribution is 7.99. The number of thiophene rings is 1. The van der Waals surface area contributed by atoms with Crippen molar-refractivity contribution in [2.45, 2.75) is 56.1 Å². The van der Waals surface area contributed by atoms with E-state index in [-0.39, 0.29) is 11.7 Å². The summed E-state index contributed by atoms with van der Waals surface area (Å²) in [6.45, 7) is 0. The number of hydrogen-bond acceptors (Lipinski definition) is 7. The summed E-state index contributed by atoms with van der Waals surface area (Å²) >= 11 is 2.90. The van der Waals surface area contributed by atoms with E-state index in [1.807, 2.05) is 0 Å². The Hall–Kier alpha value is -1.92. The minimum Gasteiger partial charge on any atom is -0.316 e. The highest BCUT2D eigenvalue weighted by atomic mass is 32.2. The number of aromatic nitrogens is 4. The molecule has 4 rings (SSSR count). The summed E-state index contributed by atoms with van der Waals surface area (Å²) in [6, 6.07) is 2.68. The molecule has 0 saturated heterocycles. The minimum absolute atomic E-state index is 0.122. The Kier molecular flexibility index (Phi) is 4.72. The van der Waals surface area contributed by atoms with Gasteiger partial charge < -0.3 is 5.32 Å². The third kappa shape index (κ3) is 3.55. The van der Waals surface area contributed by atoms with Crippen LogP contribution in [-0.4, -0.2) is 31.9 Å². The Bertz CT molecular complexity index is 832. The van der Waals surface area contributed by atoms with E-state index in [0.29, 0.717) is 21.8 Å². The van der Waals surface area contributed by atoms with E-state index < -0.39 is 0 Å². The van der Waals surface area contributed by atoms with Crippen LogP contribution in [0.1, 0.15) is 54.1 Å². The summed E-state index contributed by atoms with van der Waals surface area (Å²) in [6.07, 6.45) is 7.62. The van der Waals surface area contributed by atoms with E-state index in [2.05, 4.69) is 26.9 Å². The third-order valence-electron chi connectivity index (χ3n) is 4.47. The topological polar surface area (TPSA) is 96.5 Å². The minimum atomic E-state index is -0.122. The first-order chi connectivity index (χ1) is 12.3. The maximum absolute atomic E-state index is 12.3. The van der Waals surface area contributed by atoms with Crippen LogP contribution in [-0.2, 0) is 17.6 Å². The van der Waals surface area contributed by atoms with E-state index in [0.717, 1.165) is 44.1 Å². The van der Waals surface area contributed by atoms with Gasteiger partial charge in [-0.05, 0) is 54.5 Å². The van der Waals surface area contributed by atoms with Gasteiger partial charge >= 0.3 is 0 Å². The Balaban J connectivity index is 1.42. The summed E-state index contributed by atoms with van der Waals surface area (Å²) in [5, 5.41) is 25.5. The van der Waals surface area contributed by atoms with Crippen molar-refractivity contribution in [2.75, 3.05) is 11.1 Å². The normalized spacial score (nSPS) is 16.8. The van der Waals surface area contributed by atoms with Gasteiger partial charge in [-0.15, -0.1) is 16.4 Å². The molecule has 0 spiro atoms. The van der Waals surface area contributed by atoms with Gasteiger partial charge in [-0.25, -0.2) is 4.68 Å². The van der Waals surface area contributed by atoms with Crippen LogP contribution in [0.5, 0.6) is 0 Å². The molecule has 2 aliphatic rings. The van der Waals surface area contributed by atoms with Crippen LogP contribution in [0.3, 0.4) is 0 Å². The molecule has 2 aliphatic carbocycles. The van der Waals surface area contributed by atoms with E-state index >= 15 is 0 Å². The first kappa shape index (κ1) is 16.5. The van der Waals surface area contributed by atoms with Crippen LogP contribution >= 0.6 is 23.1 Å². The molecule has 0 atom stereocenters. The monoisotopic (exact) mass is 374 g/mol. The lowest BCUT2D eigenvalue weighted by Crippen LogP contribution is -2.14. The zero-order valence-electron chi connectivity index (χ0n) is 13.7. The van der Waals surface area contributed by atoms with Crippen molar-refractivity contribution < 1.29 is 4.79 Å². The lowest BCUT2D eigenvalue weighted by molar-refractivity contribution is -0.113. The number of thioether (sulfide) groups is 1. The number of anilines is 1. The summed E-state index contributed by atoms with van der Waals surface area (Å²) in [5.74, 6) is 0.115. The zero-order chi connectivity index (χ0) is 17.2. The van der Waals surface area contributed by atoms with E-state index in [1.54, 1.807) is 16.0 Å². The molecular formula is C16H18N6OS2. The summed E-state index contributed by atoms with van der Waals surface area (Å²) in [7, 11) is 0. The van der Waals surface area contributed by atoms with Crippen molar-refractivity contribution in [3.05, 3.63) is 16.0 Å². The SMILES string of the molecule is N#Cc1c(NC(=O)CSc2nnnn2C2CC2)sc2c1CCCCC2. The van der Waals surface area contributed by atoms with Gasteiger partial charge in [0.25, 0.3) is 0 Å². The maximum atomic E-state index is 12.3. The number of amides is 1. The number of nitrogens with zero attached hydrogens (tertiary/aromatic N) is 5. The number of nitrogens with one attached hydrogen (secondary N) is 1. The average molecular weight is 374 g/mol. The van der Waals surface area contributed by atoms with E-state index in [1.165, 1.54) is 23.1 Å². The smallest absolute Gasteiger partial charge is 0.235 e. The zero-order valence-corrected chi connectivity index (χ0v) is 15.3. The van der Waals surface area contributed by atoms with Crippen molar-refractivity contribution in [2.24, 2.45) is 0 Å². The molecular weight excluding hydrogens is 356 g/mol. The third-order valence-corrected chi connectivity index (χ3v) is 6.61. The van der Waals surface area contributed by atoms with E-state index in [9.17, 15) is 10.1 Å². The summed E-state index contributed by atoms with van der Waals surface area (Å²) < 4.78 is 1.80. The number of tetrazole rings is 1. The van der Waals surface area contributed by atoms with Gasteiger partial charge in [0.05, 0.1) is 17.4 Å². The number of carbonyl (C=O) groups excluding carboxylic acids is 1. The molecule has 1 saturated carbocycles. The fourth-order valence-electron chi connectivity index (χ4n) is 3.07. The van der Waals surface area contributed by atoms with Gasteiger partial charge in [-0.1, -0.05) is 18.2 Å². The standard InChI is InChI=1S/C16H18N6OS2/c17-8-12-11-4-2-1-3-5-13(11)25-15(12)18-14(23)9-24-16-19-20-21-22(16)10-6-7-10/h10H,1-7,9H2,(H,18,23). The first-order valence-corrected chi connectivity index (χ1v) is 10.3. The van der Waals surface area contributed by atoms with Crippen LogP contribution in [0.15, 0.2) is 5.16 Å². The summed E-state index contributed by atoms with van der Waals surface area (Å²) in [4.78, 5) is 13.6. The Morgan fingerprint density at radius 2 is 2.20 bits per heavy atom. The molecule has 9 heteroatoms. The van der Waals surface area contributed by atoms with Gasteiger partial charge in [-0.2, -0.15) is 5.26 Å². The van der Waals surface area contributed by atoms with E-state index in [4.69, 9.17) is 0 Å². The number of aryl methyl sites for hydroxylation is 1. The molecule has 7 nitrogen and oxygen atoms in total. The molecule has 1 N–H and O–H groups in total. The lowest BCUT2D eigenvalue weighted by Gasteiger charge is -2.04. The molecule has 130 valence electrons. The van der Waals surface area contributed by atoms with Crippen LogP contribution in [0.2, 0.25) is 0 Å². The fraction of sp³-hybridized carbons (Fsp3) is 0.562. The molecule has 0 aromatic carbocycles. The van der Waals surface area contributed by atoms with Crippen LogP contribution in [0.25, 0.3) is 0 Å². The highest BCUT2D eigenvalue weighted by Crippen LogP contribution is 2.38. The van der Waals surface area contributed by atoms with Crippen molar-refractivity contribution >= 4 is 34.0 Å². The molecule has 1 fully saturated rings. The van der Waals surface area contributed by atoms with Crippen molar-refractivity contribution in [1.29, 1.82) is 5.26 Å². The van der Waals surface area contributed by atoms with Gasteiger partial charge in [0, 0.05) is 4.88 Å². The lowest BCUT2D eigenvalue weighted by atomic mass is 10.1. The predicted octanol–water partition coefficient (Wildman–Crippen LogP) is 2.94. The van der Waals surface area contributed by atoms with Crippen molar-refractivity contribution in [3.63, 3.8) is 0 Å². The van der Waals surface area contributed by atoms with Gasteiger partial charge in [0.1, 0.15) is 11.1 Å². The maximum Gasteiger partial charge on any atom is 0.235 e. The van der Waals surface area contributed by atoms with Gasteiger partial charge in [0.15, 0.2) is 0 Å². The second-order valence-corrected chi connectivity index (χ2v) is 8.40. The first-order valence-electron chi connectivity index (χ1n) is 8.51. The average Bonchev–Trinajstić information content (AvgIpc) is 3.32. The predicted molar refractivity (Wildman–Crippen MR) is 95.7 cm³/mol. The molecule has 1 amide bonds. The molecule has 0 aliphatic heterocycles. The fourth-order valence-corrected chi connectivity index (χ4v) is 5.07. The largest absolute Gasteiger partial charge is 0.316 e. The number of hydrogen-bond donors (Lipinski definition) is 1. The number of nitriles is 1. The van der Waals surface area contributed by atoms with Gasteiger partial charge in [-0.3, -0.25) is 4.79 Å². The number of carbonyl (C=O) groups is 1. The van der Waals surface area contributed by atoms with Gasteiger partial charge in [0.2, 0.25) is 11.1 Å². The van der Waals surface area contributed by atoms with Crippen molar-refractivity contribution in [3.8, 4) is 6.07 Å². The highest BCUT2D eigenvalue weighted by Gasteiger charge is 2.28. The number of rotatable bonds is 5. The molecule has 0 bridgehead atoms. The van der Waals surface area contributed by atoms with Crippen LogP contribution in [0.4, 0.5) is 5.00 Å². The number of fused-ring (bicyclic) bond motifs is 1. The molecule has 25 heavy (non-hydrogen) atoms. The Morgan fingerprint density at radius 3 is 3.00 bits per heavy atom. The Labute approximate surface area is 153 Å². The second-order valence-electron chi connectivity index (χ2n) is 6.35. The second kappa shape index (κ2) is 7.14. The molecule has 2 aromatic rings. The molecule has 0 radical (unpaired) electrons.